The standard InChI is InChI=1S/C12H18IN3O2S/c13-11-1-3-12(4-2-11)15-19(17,18)10-9-16-7-5-14-6-8-16/h1-4,14-15H,5-10H2. The van der Waals surface area contributed by atoms with Crippen LogP contribution in [0, 0.1) is 3.57 Å². The average molecular weight is 395 g/mol. The molecule has 1 aliphatic heterocycles. The van der Waals surface area contributed by atoms with Gasteiger partial charge in [0, 0.05) is 42.0 Å². The highest BCUT2D eigenvalue weighted by atomic mass is 127. The monoisotopic (exact) mass is 395 g/mol. The number of benzene rings is 1. The first-order chi connectivity index (χ1) is 9.05. The van der Waals surface area contributed by atoms with Crippen LogP contribution in [0.25, 0.3) is 0 Å². The summed E-state index contributed by atoms with van der Waals surface area (Å²) in [5.74, 6) is 0.138. The number of halogens is 1. The van der Waals surface area contributed by atoms with E-state index in [-0.39, 0.29) is 5.75 Å². The number of hydrogen-bond acceptors (Lipinski definition) is 4. The zero-order valence-corrected chi connectivity index (χ0v) is 13.6. The van der Waals surface area contributed by atoms with E-state index in [1.165, 1.54) is 0 Å². The van der Waals surface area contributed by atoms with Gasteiger partial charge in [-0.2, -0.15) is 0 Å². The van der Waals surface area contributed by atoms with E-state index in [0.29, 0.717) is 12.2 Å². The fourth-order valence-corrected chi connectivity index (χ4v) is 3.39. The average Bonchev–Trinajstić information content (AvgIpc) is 2.40. The first-order valence-electron chi connectivity index (χ1n) is 6.24. The maximum Gasteiger partial charge on any atom is 0.233 e. The molecule has 2 rings (SSSR count). The van der Waals surface area contributed by atoms with Crippen LogP contribution in [-0.4, -0.2) is 51.8 Å². The molecule has 5 nitrogen and oxygen atoms in total. The van der Waals surface area contributed by atoms with Crippen molar-refractivity contribution >= 4 is 38.3 Å². The molecule has 2 N–H and O–H groups in total. The molecular formula is C12H18IN3O2S. The van der Waals surface area contributed by atoms with Crippen molar-refractivity contribution in [3.05, 3.63) is 27.8 Å². The predicted octanol–water partition coefficient (Wildman–Crippen LogP) is 0.938. The van der Waals surface area contributed by atoms with Crippen molar-refractivity contribution in [3.63, 3.8) is 0 Å². The summed E-state index contributed by atoms with van der Waals surface area (Å²) >= 11 is 2.19. The molecule has 1 aromatic carbocycles. The second-order valence-corrected chi connectivity index (χ2v) is 7.61. The molecule has 1 aliphatic rings. The summed E-state index contributed by atoms with van der Waals surface area (Å²) in [6.07, 6.45) is 0. The van der Waals surface area contributed by atoms with Gasteiger partial charge in [-0.25, -0.2) is 8.42 Å². The van der Waals surface area contributed by atoms with Crippen LogP contribution in [0.4, 0.5) is 5.69 Å². The van der Waals surface area contributed by atoms with E-state index < -0.39 is 10.0 Å². The number of sulfonamides is 1. The summed E-state index contributed by atoms with van der Waals surface area (Å²) in [6.45, 7) is 4.29. The Balaban J connectivity index is 1.85. The van der Waals surface area contributed by atoms with Crippen LogP contribution in [0.15, 0.2) is 24.3 Å². The number of nitrogens with zero attached hydrogens (tertiary/aromatic N) is 1. The van der Waals surface area contributed by atoms with Gasteiger partial charge in [-0.15, -0.1) is 0 Å². The molecule has 0 radical (unpaired) electrons. The zero-order chi connectivity index (χ0) is 13.7. The summed E-state index contributed by atoms with van der Waals surface area (Å²) in [7, 11) is -3.26. The largest absolute Gasteiger partial charge is 0.314 e. The highest BCUT2D eigenvalue weighted by Crippen LogP contribution is 2.12. The molecule has 0 saturated carbocycles. The van der Waals surface area contributed by atoms with Gasteiger partial charge in [0.25, 0.3) is 0 Å². The molecular weight excluding hydrogens is 377 g/mol. The highest BCUT2D eigenvalue weighted by Gasteiger charge is 2.15. The van der Waals surface area contributed by atoms with Crippen LogP contribution >= 0.6 is 22.6 Å². The van der Waals surface area contributed by atoms with Crippen molar-refractivity contribution in [1.82, 2.24) is 10.2 Å². The van der Waals surface area contributed by atoms with Crippen LogP contribution in [-0.2, 0) is 10.0 Å². The minimum atomic E-state index is -3.26. The molecule has 19 heavy (non-hydrogen) atoms. The van der Waals surface area contributed by atoms with Gasteiger partial charge in [0.15, 0.2) is 0 Å². The first-order valence-corrected chi connectivity index (χ1v) is 8.97. The van der Waals surface area contributed by atoms with Crippen molar-refractivity contribution in [2.24, 2.45) is 0 Å². The fourth-order valence-electron chi connectivity index (χ4n) is 1.93. The van der Waals surface area contributed by atoms with Gasteiger partial charge in [0.2, 0.25) is 10.0 Å². The van der Waals surface area contributed by atoms with E-state index in [1.807, 2.05) is 12.1 Å². The molecule has 0 bridgehead atoms. The molecule has 1 aromatic rings. The summed E-state index contributed by atoms with van der Waals surface area (Å²) in [5.41, 5.74) is 0.626. The Labute approximate surface area is 127 Å². The molecule has 7 heteroatoms. The van der Waals surface area contributed by atoms with Crippen molar-refractivity contribution in [2.75, 3.05) is 43.2 Å². The van der Waals surface area contributed by atoms with Crippen LogP contribution in [0.3, 0.4) is 0 Å². The van der Waals surface area contributed by atoms with Crippen LogP contribution in [0.5, 0.6) is 0 Å². The number of rotatable bonds is 5. The molecule has 1 fully saturated rings. The number of nitrogens with one attached hydrogen (secondary N) is 2. The molecule has 0 spiro atoms. The maximum absolute atomic E-state index is 12.0. The third kappa shape index (κ3) is 5.25. The Morgan fingerprint density at radius 1 is 1.21 bits per heavy atom. The minimum Gasteiger partial charge on any atom is -0.314 e. The van der Waals surface area contributed by atoms with Crippen molar-refractivity contribution in [1.29, 1.82) is 0 Å². The lowest BCUT2D eigenvalue weighted by atomic mass is 10.3. The Morgan fingerprint density at radius 3 is 2.47 bits per heavy atom. The SMILES string of the molecule is O=S(=O)(CCN1CCNCC1)Nc1ccc(I)cc1. The zero-order valence-electron chi connectivity index (χ0n) is 10.6. The number of piperazine rings is 1. The second kappa shape index (κ2) is 6.87. The van der Waals surface area contributed by atoms with Gasteiger partial charge in [-0.05, 0) is 46.9 Å². The first kappa shape index (κ1) is 15.0. The summed E-state index contributed by atoms with van der Waals surface area (Å²) in [6, 6.07) is 7.33. The van der Waals surface area contributed by atoms with Crippen molar-refractivity contribution in [3.8, 4) is 0 Å². The Kier molecular flexibility index (Phi) is 5.43. The molecule has 0 atom stereocenters. The summed E-state index contributed by atoms with van der Waals surface area (Å²) < 4.78 is 27.6. The predicted molar refractivity (Wildman–Crippen MR) is 85.9 cm³/mol. The van der Waals surface area contributed by atoms with E-state index in [0.717, 1.165) is 29.7 Å². The van der Waals surface area contributed by atoms with E-state index >= 15 is 0 Å². The minimum absolute atomic E-state index is 0.138. The molecule has 0 aliphatic carbocycles. The lowest BCUT2D eigenvalue weighted by Crippen LogP contribution is -2.45. The van der Waals surface area contributed by atoms with Crippen molar-refractivity contribution < 1.29 is 8.42 Å². The molecule has 106 valence electrons. The van der Waals surface area contributed by atoms with Gasteiger partial charge in [0.05, 0.1) is 5.75 Å². The molecule has 1 saturated heterocycles. The molecule has 1 heterocycles. The molecule has 0 aromatic heterocycles. The van der Waals surface area contributed by atoms with E-state index in [2.05, 4.69) is 37.5 Å². The topological polar surface area (TPSA) is 61.4 Å². The Morgan fingerprint density at radius 2 is 1.84 bits per heavy atom. The Hall–Kier alpha value is -0.380. The molecule has 0 unspecified atom stereocenters. The van der Waals surface area contributed by atoms with Gasteiger partial charge in [-0.3, -0.25) is 9.62 Å². The highest BCUT2D eigenvalue weighted by molar-refractivity contribution is 14.1. The normalized spacial score (nSPS) is 17.3. The van der Waals surface area contributed by atoms with Gasteiger partial charge >= 0.3 is 0 Å². The number of anilines is 1. The smallest absolute Gasteiger partial charge is 0.233 e. The van der Waals surface area contributed by atoms with Gasteiger partial charge in [-0.1, -0.05) is 0 Å². The third-order valence-electron chi connectivity index (χ3n) is 3.00. The van der Waals surface area contributed by atoms with E-state index in [4.69, 9.17) is 0 Å². The third-order valence-corrected chi connectivity index (χ3v) is 4.99. The molecule has 0 amide bonds. The van der Waals surface area contributed by atoms with Gasteiger partial charge in [0.1, 0.15) is 0 Å². The van der Waals surface area contributed by atoms with E-state index in [9.17, 15) is 8.42 Å². The van der Waals surface area contributed by atoms with Gasteiger partial charge < -0.3 is 5.32 Å². The number of hydrogen-bond donors (Lipinski definition) is 2. The fraction of sp³-hybridized carbons (Fsp3) is 0.500. The van der Waals surface area contributed by atoms with Crippen LogP contribution < -0.4 is 10.0 Å². The second-order valence-electron chi connectivity index (χ2n) is 4.52. The summed E-state index contributed by atoms with van der Waals surface area (Å²) in [5, 5.41) is 3.25. The van der Waals surface area contributed by atoms with Crippen LogP contribution in [0.2, 0.25) is 0 Å². The van der Waals surface area contributed by atoms with E-state index in [1.54, 1.807) is 12.1 Å². The van der Waals surface area contributed by atoms with Crippen molar-refractivity contribution in [2.45, 2.75) is 0 Å². The van der Waals surface area contributed by atoms with Crippen LogP contribution in [0.1, 0.15) is 0 Å². The maximum atomic E-state index is 12.0. The quantitative estimate of drug-likeness (QED) is 0.729. The Bertz CT molecular complexity index is 498. The lowest BCUT2D eigenvalue weighted by molar-refractivity contribution is 0.254. The summed E-state index contributed by atoms with van der Waals surface area (Å²) in [4.78, 5) is 2.17. The lowest BCUT2D eigenvalue weighted by Gasteiger charge is -2.26.